The Balaban J connectivity index is 3.94. The molecule has 0 aromatic rings. The predicted octanol–water partition coefficient (Wildman–Crippen LogP) is 2.96. The second kappa shape index (κ2) is 8.25. The second-order valence-corrected chi connectivity index (χ2v) is 4.26. The van der Waals surface area contributed by atoms with E-state index in [0.29, 0.717) is 5.41 Å². The molecule has 0 spiro atoms. The number of unbranched alkanes of at least 4 members (excludes halogenated alkanes) is 1. The van der Waals surface area contributed by atoms with Gasteiger partial charge in [-0.1, -0.05) is 26.7 Å². The molecule has 2 heteroatoms. The zero-order valence-electron chi connectivity index (χ0n) is 10.1. The number of rotatable bonds is 9. The van der Waals surface area contributed by atoms with E-state index in [2.05, 4.69) is 13.8 Å². The zero-order valence-corrected chi connectivity index (χ0v) is 10.1. The molecule has 0 heterocycles. The summed E-state index contributed by atoms with van der Waals surface area (Å²) < 4.78 is 5.09. The van der Waals surface area contributed by atoms with Crippen LogP contribution in [0, 0.1) is 5.41 Å². The van der Waals surface area contributed by atoms with E-state index in [9.17, 15) is 0 Å². The van der Waals surface area contributed by atoms with Gasteiger partial charge in [0.05, 0.1) is 0 Å². The van der Waals surface area contributed by atoms with Gasteiger partial charge in [-0.05, 0) is 37.6 Å². The van der Waals surface area contributed by atoms with E-state index in [1.807, 2.05) is 0 Å². The van der Waals surface area contributed by atoms with Gasteiger partial charge >= 0.3 is 0 Å². The van der Waals surface area contributed by atoms with Gasteiger partial charge in [0.1, 0.15) is 0 Å². The van der Waals surface area contributed by atoms with Gasteiger partial charge < -0.3 is 10.5 Å². The second-order valence-electron chi connectivity index (χ2n) is 4.26. The van der Waals surface area contributed by atoms with Crippen LogP contribution in [0.1, 0.15) is 52.4 Å². The summed E-state index contributed by atoms with van der Waals surface area (Å²) in [5, 5.41) is 0. The van der Waals surface area contributed by atoms with Crippen LogP contribution >= 0.6 is 0 Å². The molecule has 0 aliphatic rings. The maximum Gasteiger partial charge on any atom is 0.0462 e. The van der Waals surface area contributed by atoms with E-state index in [1.54, 1.807) is 7.11 Å². The lowest BCUT2D eigenvalue weighted by molar-refractivity contribution is 0.157. The number of nitrogens with two attached hydrogens (primary N) is 1. The lowest BCUT2D eigenvalue weighted by Crippen LogP contribution is -2.30. The first-order valence-electron chi connectivity index (χ1n) is 5.93. The molecular formula is C12H27NO. The molecule has 0 aliphatic heterocycles. The minimum Gasteiger partial charge on any atom is -0.385 e. The molecule has 2 nitrogen and oxygen atoms in total. The van der Waals surface area contributed by atoms with Crippen molar-refractivity contribution in [2.75, 3.05) is 20.3 Å². The van der Waals surface area contributed by atoms with Crippen molar-refractivity contribution in [2.45, 2.75) is 52.4 Å². The van der Waals surface area contributed by atoms with E-state index >= 15 is 0 Å². The van der Waals surface area contributed by atoms with Gasteiger partial charge in [0.2, 0.25) is 0 Å². The van der Waals surface area contributed by atoms with E-state index in [-0.39, 0.29) is 0 Å². The Kier molecular flexibility index (Phi) is 8.20. The Hall–Kier alpha value is -0.0800. The Morgan fingerprint density at radius 1 is 1.14 bits per heavy atom. The summed E-state index contributed by atoms with van der Waals surface area (Å²) in [4.78, 5) is 0. The lowest BCUT2D eigenvalue weighted by atomic mass is 9.76. The first kappa shape index (κ1) is 13.9. The van der Waals surface area contributed by atoms with Crippen molar-refractivity contribution in [1.29, 1.82) is 0 Å². The summed E-state index contributed by atoms with van der Waals surface area (Å²) in [6.45, 7) is 6.20. The fourth-order valence-electron chi connectivity index (χ4n) is 1.97. The third-order valence-corrected chi connectivity index (χ3v) is 3.30. The number of hydrogen-bond acceptors (Lipinski definition) is 2. The summed E-state index contributed by atoms with van der Waals surface area (Å²) in [5.74, 6) is 0. The summed E-state index contributed by atoms with van der Waals surface area (Å²) in [6, 6.07) is 0. The average Bonchev–Trinajstić information content (AvgIpc) is 2.24. The topological polar surface area (TPSA) is 35.2 Å². The molecule has 0 saturated heterocycles. The largest absolute Gasteiger partial charge is 0.385 e. The van der Waals surface area contributed by atoms with Gasteiger partial charge in [0.25, 0.3) is 0 Å². The number of ether oxygens (including phenoxy) is 1. The summed E-state index contributed by atoms with van der Waals surface area (Å²) in [5.41, 5.74) is 6.28. The molecule has 0 aliphatic carbocycles. The van der Waals surface area contributed by atoms with Crippen molar-refractivity contribution in [2.24, 2.45) is 11.1 Å². The Morgan fingerprint density at radius 2 is 1.79 bits per heavy atom. The normalized spacial score (nSPS) is 15.4. The van der Waals surface area contributed by atoms with Crippen LogP contribution in [0.4, 0.5) is 0 Å². The smallest absolute Gasteiger partial charge is 0.0462 e. The predicted molar refractivity (Wildman–Crippen MR) is 62.4 cm³/mol. The molecule has 0 saturated carbocycles. The third-order valence-electron chi connectivity index (χ3n) is 3.30. The van der Waals surface area contributed by atoms with Crippen molar-refractivity contribution in [3.8, 4) is 0 Å². The van der Waals surface area contributed by atoms with Crippen molar-refractivity contribution in [1.82, 2.24) is 0 Å². The van der Waals surface area contributed by atoms with Crippen LogP contribution in [0.25, 0.3) is 0 Å². The molecule has 0 radical (unpaired) electrons. The van der Waals surface area contributed by atoms with Gasteiger partial charge in [-0.2, -0.15) is 0 Å². The highest BCUT2D eigenvalue weighted by atomic mass is 16.5. The van der Waals surface area contributed by atoms with Gasteiger partial charge in [-0.25, -0.2) is 0 Å². The van der Waals surface area contributed by atoms with Gasteiger partial charge in [-0.3, -0.25) is 0 Å². The molecule has 2 N–H and O–H groups in total. The first-order chi connectivity index (χ1) is 6.74. The Bertz CT molecular complexity index is 121. The fourth-order valence-corrected chi connectivity index (χ4v) is 1.97. The summed E-state index contributed by atoms with van der Waals surface area (Å²) >= 11 is 0. The molecule has 1 atom stereocenters. The quantitative estimate of drug-likeness (QED) is 0.582. The summed E-state index contributed by atoms with van der Waals surface area (Å²) in [6.07, 6.45) is 7.41. The van der Waals surface area contributed by atoms with E-state index in [4.69, 9.17) is 10.5 Å². The van der Waals surface area contributed by atoms with Gasteiger partial charge in [0.15, 0.2) is 0 Å². The first-order valence-corrected chi connectivity index (χ1v) is 5.93. The molecule has 0 rings (SSSR count). The van der Waals surface area contributed by atoms with Crippen LogP contribution in [0.15, 0.2) is 0 Å². The maximum absolute atomic E-state index is 5.90. The molecule has 86 valence electrons. The maximum atomic E-state index is 5.90. The lowest BCUT2D eigenvalue weighted by Gasteiger charge is -2.31. The number of methoxy groups -OCH3 is 1. The highest BCUT2D eigenvalue weighted by Gasteiger charge is 2.24. The van der Waals surface area contributed by atoms with Crippen molar-refractivity contribution >= 4 is 0 Å². The van der Waals surface area contributed by atoms with Gasteiger partial charge in [-0.15, -0.1) is 0 Å². The van der Waals surface area contributed by atoms with Crippen LogP contribution < -0.4 is 5.73 Å². The Labute approximate surface area is 89.2 Å². The molecule has 14 heavy (non-hydrogen) atoms. The minimum absolute atomic E-state index is 0.383. The number of hydrogen-bond donors (Lipinski definition) is 1. The van der Waals surface area contributed by atoms with E-state index in [0.717, 1.165) is 19.6 Å². The molecule has 1 unspecified atom stereocenters. The molecule has 0 amide bonds. The molecule has 0 aromatic heterocycles. The molecule has 0 aromatic carbocycles. The van der Waals surface area contributed by atoms with Crippen molar-refractivity contribution < 1.29 is 4.74 Å². The summed E-state index contributed by atoms with van der Waals surface area (Å²) in [7, 11) is 1.77. The molecular weight excluding hydrogens is 174 g/mol. The zero-order chi connectivity index (χ0) is 10.9. The fraction of sp³-hybridized carbons (Fsp3) is 1.00. The standard InChI is InChI=1S/C12H27NO/c1-4-6-8-12(5-2,11-13)9-7-10-14-3/h4-11,13H2,1-3H3. The van der Waals surface area contributed by atoms with Gasteiger partial charge in [0, 0.05) is 13.7 Å². The molecule has 0 fully saturated rings. The van der Waals surface area contributed by atoms with Crippen molar-refractivity contribution in [3.05, 3.63) is 0 Å². The minimum atomic E-state index is 0.383. The van der Waals surface area contributed by atoms with Crippen LogP contribution in [0.5, 0.6) is 0 Å². The van der Waals surface area contributed by atoms with E-state index in [1.165, 1.54) is 32.1 Å². The highest BCUT2D eigenvalue weighted by Crippen LogP contribution is 2.32. The van der Waals surface area contributed by atoms with Crippen LogP contribution in [-0.4, -0.2) is 20.3 Å². The highest BCUT2D eigenvalue weighted by molar-refractivity contribution is 4.78. The van der Waals surface area contributed by atoms with E-state index < -0.39 is 0 Å². The van der Waals surface area contributed by atoms with Crippen molar-refractivity contribution in [3.63, 3.8) is 0 Å². The Morgan fingerprint density at radius 3 is 2.21 bits per heavy atom. The van der Waals surface area contributed by atoms with Crippen LogP contribution in [-0.2, 0) is 4.74 Å². The third kappa shape index (κ3) is 4.97. The van der Waals surface area contributed by atoms with Crippen LogP contribution in [0.2, 0.25) is 0 Å². The SMILES string of the molecule is CCCCC(CC)(CN)CCCOC. The van der Waals surface area contributed by atoms with Crippen LogP contribution in [0.3, 0.4) is 0 Å². The monoisotopic (exact) mass is 201 g/mol. The average molecular weight is 201 g/mol. The molecule has 0 bridgehead atoms.